The van der Waals surface area contributed by atoms with Gasteiger partial charge in [-0.2, -0.15) is 17.4 Å². The Hall–Kier alpha value is -0.460. The van der Waals surface area contributed by atoms with E-state index in [1.807, 2.05) is 0 Å². The molecule has 6 heteroatoms. The molecule has 0 aliphatic heterocycles. The zero-order valence-electron chi connectivity index (χ0n) is 8.36. The summed E-state index contributed by atoms with van der Waals surface area (Å²) >= 11 is 0. The lowest BCUT2D eigenvalue weighted by atomic mass is 10.4. The summed E-state index contributed by atoms with van der Waals surface area (Å²) in [5, 5.41) is 0. The average molecular weight is 208 g/mol. The van der Waals surface area contributed by atoms with Crippen LogP contribution in [0.4, 0.5) is 0 Å². The molecule has 1 N–H and O–H groups in total. The number of hydrogen-bond donors (Lipinski definition) is 1. The second-order valence-electron chi connectivity index (χ2n) is 3.14. The molecule has 0 unspecified atom stereocenters. The second-order valence-corrected chi connectivity index (χ2v) is 4.95. The highest BCUT2D eigenvalue weighted by Gasteiger charge is 2.19. The maximum atomic E-state index is 11.3. The predicted octanol–water partition coefficient (Wildman–Crippen LogP) is -0.250. The van der Waals surface area contributed by atoms with E-state index in [2.05, 4.69) is 4.72 Å². The zero-order valence-corrected chi connectivity index (χ0v) is 9.18. The van der Waals surface area contributed by atoms with Gasteiger partial charge in [0.1, 0.15) is 5.78 Å². The Morgan fingerprint density at radius 1 is 1.46 bits per heavy atom. The fraction of sp³-hybridized carbons (Fsp3) is 0.857. The molecular weight excluding hydrogens is 192 g/mol. The first-order valence-corrected chi connectivity index (χ1v) is 5.43. The lowest BCUT2D eigenvalue weighted by Crippen LogP contribution is -2.43. The van der Waals surface area contributed by atoms with Gasteiger partial charge in [-0.1, -0.05) is 0 Å². The Balaban J connectivity index is 4.32. The van der Waals surface area contributed by atoms with Crippen LogP contribution in [0.3, 0.4) is 0 Å². The van der Waals surface area contributed by atoms with Gasteiger partial charge in [0.2, 0.25) is 0 Å². The van der Waals surface area contributed by atoms with Gasteiger partial charge in [-0.15, -0.1) is 0 Å². The Morgan fingerprint density at radius 3 is 2.23 bits per heavy atom. The van der Waals surface area contributed by atoms with Crippen molar-refractivity contribution in [3.05, 3.63) is 0 Å². The maximum absolute atomic E-state index is 11.3. The van der Waals surface area contributed by atoms with Crippen LogP contribution in [0.2, 0.25) is 0 Å². The first-order valence-electron chi connectivity index (χ1n) is 3.99. The van der Waals surface area contributed by atoms with E-state index < -0.39 is 10.2 Å². The number of hydrogen-bond acceptors (Lipinski definition) is 3. The van der Waals surface area contributed by atoms with Gasteiger partial charge in [-0.25, -0.2) is 0 Å². The van der Waals surface area contributed by atoms with Gasteiger partial charge in [0.05, 0.1) is 6.54 Å². The van der Waals surface area contributed by atoms with E-state index in [1.54, 1.807) is 13.8 Å². The third-order valence-corrected chi connectivity index (χ3v) is 3.30. The molecule has 0 saturated carbocycles. The van der Waals surface area contributed by atoms with E-state index in [0.29, 0.717) is 0 Å². The topological polar surface area (TPSA) is 66.5 Å². The fourth-order valence-corrected chi connectivity index (χ4v) is 1.72. The first-order chi connectivity index (χ1) is 5.77. The molecule has 0 rings (SSSR count). The van der Waals surface area contributed by atoms with Crippen molar-refractivity contribution in [3.63, 3.8) is 0 Å². The Bertz CT molecular complexity index is 271. The van der Waals surface area contributed by atoms with Crippen molar-refractivity contribution in [2.45, 2.75) is 26.8 Å². The molecule has 0 atom stereocenters. The summed E-state index contributed by atoms with van der Waals surface area (Å²) in [7, 11) is -2.03. The van der Waals surface area contributed by atoms with E-state index in [4.69, 9.17) is 0 Å². The number of carbonyl (C=O) groups excluding carboxylic acids is 1. The molecular formula is C7H16N2O3S. The molecule has 0 saturated heterocycles. The number of Topliss-reactive ketones (excluding diaryl/α,β-unsaturated/α-hetero) is 1. The average Bonchev–Trinajstić information content (AvgIpc) is 1.99. The van der Waals surface area contributed by atoms with Crippen LogP contribution >= 0.6 is 0 Å². The van der Waals surface area contributed by atoms with Gasteiger partial charge >= 0.3 is 0 Å². The monoisotopic (exact) mass is 208 g/mol. The molecule has 0 aliphatic rings. The van der Waals surface area contributed by atoms with Gasteiger partial charge in [0, 0.05) is 13.1 Å². The van der Waals surface area contributed by atoms with Crippen molar-refractivity contribution < 1.29 is 13.2 Å². The van der Waals surface area contributed by atoms with E-state index in [9.17, 15) is 13.2 Å². The van der Waals surface area contributed by atoms with Crippen LogP contribution in [-0.2, 0) is 15.0 Å². The zero-order chi connectivity index (χ0) is 10.6. The summed E-state index contributed by atoms with van der Waals surface area (Å²) in [4.78, 5) is 10.5. The van der Waals surface area contributed by atoms with Crippen LogP contribution in [0.5, 0.6) is 0 Å². The van der Waals surface area contributed by atoms with Crippen molar-refractivity contribution >= 4 is 16.0 Å². The quantitative estimate of drug-likeness (QED) is 0.677. The molecule has 0 bridgehead atoms. The third kappa shape index (κ3) is 4.35. The lowest BCUT2D eigenvalue weighted by molar-refractivity contribution is -0.115. The molecule has 0 amide bonds. The number of ketones is 1. The van der Waals surface area contributed by atoms with Gasteiger partial charge < -0.3 is 0 Å². The largest absolute Gasteiger partial charge is 0.299 e. The standard InChI is InChI=1S/C7H16N2O3S/c1-6(2)9(4)13(11,12)8-5-7(3)10/h6,8H,5H2,1-4H3. The molecule has 13 heavy (non-hydrogen) atoms. The van der Waals surface area contributed by atoms with Crippen LogP contribution in [0.1, 0.15) is 20.8 Å². The molecule has 0 aromatic heterocycles. The number of rotatable bonds is 5. The number of carbonyl (C=O) groups is 1. The van der Waals surface area contributed by atoms with Crippen LogP contribution in [0.25, 0.3) is 0 Å². The molecule has 0 aromatic rings. The summed E-state index contributed by atoms with van der Waals surface area (Å²) in [5.41, 5.74) is 0. The van der Waals surface area contributed by atoms with Gasteiger partial charge in [-0.05, 0) is 20.8 Å². The van der Waals surface area contributed by atoms with Crippen molar-refractivity contribution in [1.29, 1.82) is 0 Å². The molecule has 0 radical (unpaired) electrons. The Labute approximate surface area is 79.3 Å². The van der Waals surface area contributed by atoms with Gasteiger partial charge in [0.25, 0.3) is 10.2 Å². The lowest BCUT2D eigenvalue weighted by Gasteiger charge is -2.20. The SMILES string of the molecule is CC(=O)CNS(=O)(=O)N(C)C(C)C. The Morgan fingerprint density at radius 2 is 1.92 bits per heavy atom. The minimum absolute atomic E-state index is 0.121. The summed E-state index contributed by atoms with van der Waals surface area (Å²) < 4.78 is 26.0. The molecule has 0 aromatic carbocycles. The summed E-state index contributed by atoms with van der Waals surface area (Å²) in [6.45, 7) is 4.69. The summed E-state index contributed by atoms with van der Waals surface area (Å²) in [6, 6.07) is -0.121. The Kier molecular flexibility index (Phi) is 4.52. The van der Waals surface area contributed by atoms with Crippen molar-refractivity contribution in [3.8, 4) is 0 Å². The minimum atomic E-state index is -3.49. The summed E-state index contributed by atoms with van der Waals surface area (Å²) in [5.74, 6) is -0.208. The van der Waals surface area contributed by atoms with E-state index >= 15 is 0 Å². The van der Waals surface area contributed by atoms with E-state index in [1.165, 1.54) is 18.3 Å². The normalized spacial score (nSPS) is 12.5. The van der Waals surface area contributed by atoms with Crippen LogP contribution < -0.4 is 4.72 Å². The minimum Gasteiger partial charge on any atom is -0.299 e. The molecule has 0 heterocycles. The summed E-state index contributed by atoms with van der Waals surface area (Å²) in [6.07, 6.45) is 0. The molecule has 0 fully saturated rings. The predicted molar refractivity (Wildman–Crippen MR) is 50.5 cm³/mol. The van der Waals surface area contributed by atoms with Crippen molar-refractivity contribution in [2.75, 3.05) is 13.6 Å². The first kappa shape index (κ1) is 12.5. The van der Waals surface area contributed by atoms with Gasteiger partial charge in [-0.3, -0.25) is 4.79 Å². The third-order valence-electron chi connectivity index (χ3n) is 1.61. The second kappa shape index (κ2) is 4.69. The van der Waals surface area contributed by atoms with Crippen LogP contribution in [0, 0.1) is 0 Å². The molecule has 78 valence electrons. The maximum Gasteiger partial charge on any atom is 0.279 e. The molecule has 0 aliphatic carbocycles. The molecule has 5 nitrogen and oxygen atoms in total. The fourth-order valence-electron chi connectivity index (χ4n) is 0.572. The van der Waals surface area contributed by atoms with Crippen LogP contribution in [-0.4, -0.2) is 38.1 Å². The van der Waals surface area contributed by atoms with Gasteiger partial charge in [0.15, 0.2) is 0 Å². The highest BCUT2D eigenvalue weighted by molar-refractivity contribution is 7.87. The smallest absolute Gasteiger partial charge is 0.279 e. The number of nitrogens with zero attached hydrogens (tertiary/aromatic N) is 1. The highest BCUT2D eigenvalue weighted by atomic mass is 32.2. The number of nitrogens with one attached hydrogen (secondary N) is 1. The highest BCUT2D eigenvalue weighted by Crippen LogP contribution is 1.99. The van der Waals surface area contributed by atoms with Crippen molar-refractivity contribution in [1.82, 2.24) is 9.03 Å². The van der Waals surface area contributed by atoms with E-state index in [0.717, 1.165) is 0 Å². The van der Waals surface area contributed by atoms with Crippen LogP contribution in [0.15, 0.2) is 0 Å². The van der Waals surface area contributed by atoms with Crippen molar-refractivity contribution in [2.24, 2.45) is 0 Å². The molecule has 0 spiro atoms. The van der Waals surface area contributed by atoms with E-state index in [-0.39, 0.29) is 18.4 Å².